The Morgan fingerprint density at radius 2 is 2.12 bits per heavy atom. The normalized spacial score (nSPS) is 16.5. The van der Waals surface area contributed by atoms with E-state index in [1.54, 1.807) is 4.90 Å². The Labute approximate surface area is 195 Å². The van der Waals surface area contributed by atoms with Crippen molar-refractivity contribution in [3.63, 3.8) is 0 Å². The Kier molecular flexibility index (Phi) is 6.31. The molecular weight excluding hydrogens is 445 g/mol. The molecule has 3 aromatic heterocycles. The number of carbonyl (C=O) groups is 1. The van der Waals surface area contributed by atoms with E-state index in [1.807, 2.05) is 20.8 Å². The van der Waals surface area contributed by atoms with Crippen molar-refractivity contribution in [2.45, 2.75) is 39.2 Å². The number of hydrogen-bond donors (Lipinski definition) is 1. The molecule has 180 valence electrons. The highest BCUT2D eigenvalue weighted by molar-refractivity contribution is 5.68. The van der Waals surface area contributed by atoms with Gasteiger partial charge in [0.2, 0.25) is 5.82 Å². The summed E-state index contributed by atoms with van der Waals surface area (Å²) in [4.78, 5) is 37.7. The number of hydrogen-bond acceptors (Lipinski definition) is 8. The summed E-state index contributed by atoms with van der Waals surface area (Å²) < 4.78 is 20.7. The molecule has 12 heteroatoms. The van der Waals surface area contributed by atoms with E-state index in [-0.39, 0.29) is 29.3 Å². The van der Waals surface area contributed by atoms with Gasteiger partial charge in [-0.1, -0.05) is 0 Å². The minimum atomic E-state index is -0.582. The standard InChI is InChI=1S/C22H26FN7O4/c1-22(2,3)34-21(31)28-8-4-5-14(12-28)9-25-20-17(30(32)33)11-26-19(27-20)16-10-24-18-7-6-15(23)13-29(16)18/h6-7,10-11,13-14H,4-5,8-9,12H2,1-3H3,(H,25,26,27)/t14-/m0/s1. The second-order valence-corrected chi connectivity index (χ2v) is 9.22. The SMILES string of the molecule is CC(C)(C)OC(=O)N1CCC[C@@H](CNc2nc(-c3cnc4ccc(F)cn34)ncc2[N+](=O)[O-])C1. The van der Waals surface area contributed by atoms with E-state index in [2.05, 4.69) is 20.3 Å². The number of likely N-dealkylation sites (tertiary alicyclic amines) is 1. The van der Waals surface area contributed by atoms with Crippen LogP contribution < -0.4 is 5.32 Å². The van der Waals surface area contributed by atoms with E-state index in [9.17, 15) is 19.3 Å². The maximum atomic E-state index is 13.7. The van der Waals surface area contributed by atoms with Gasteiger partial charge >= 0.3 is 11.8 Å². The number of halogens is 1. The van der Waals surface area contributed by atoms with Crippen LogP contribution in [0.3, 0.4) is 0 Å². The van der Waals surface area contributed by atoms with E-state index in [0.717, 1.165) is 19.0 Å². The molecule has 0 spiro atoms. The fraction of sp³-hybridized carbons (Fsp3) is 0.455. The Balaban J connectivity index is 1.52. The number of anilines is 1. The number of amides is 1. The zero-order valence-corrected chi connectivity index (χ0v) is 19.2. The minimum absolute atomic E-state index is 0.0516. The second kappa shape index (κ2) is 9.20. The molecule has 1 atom stereocenters. The summed E-state index contributed by atoms with van der Waals surface area (Å²) >= 11 is 0. The maximum absolute atomic E-state index is 13.7. The van der Waals surface area contributed by atoms with Crippen LogP contribution in [0.25, 0.3) is 17.2 Å². The first-order valence-electron chi connectivity index (χ1n) is 11.0. The topological polar surface area (TPSA) is 128 Å². The van der Waals surface area contributed by atoms with Crippen molar-refractivity contribution in [1.82, 2.24) is 24.3 Å². The fourth-order valence-electron chi connectivity index (χ4n) is 3.85. The molecule has 3 aromatic rings. The van der Waals surface area contributed by atoms with Crippen molar-refractivity contribution in [3.8, 4) is 11.5 Å². The van der Waals surface area contributed by atoms with Crippen molar-refractivity contribution in [2.75, 3.05) is 25.0 Å². The molecule has 11 nitrogen and oxygen atoms in total. The number of imidazole rings is 1. The van der Waals surface area contributed by atoms with Crippen molar-refractivity contribution in [3.05, 3.63) is 46.7 Å². The molecule has 0 unspecified atom stereocenters. The summed E-state index contributed by atoms with van der Waals surface area (Å²) in [6.07, 6.45) is 5.15. The average Bonchev–Trinajstić information content (AvgIpc) is 3.19. The van der Waals surface area contributed by atoms with Gasteiger partial charge in [0.15, 0.2) is 5.82 Å². The Hall–Kier alpha value is -3.83. The van der Waals surface area contributed by atoms with Crippen LogP contribution >= 0.6 is 0 Å². The number of nitrogens with one attached hydrogen (secondary N) is 1. The van der Waals surface area contributed by atoms with Crippen LogP contribution in [0.5, 0.6) is 0 Å². The number of ether oxygens (including phenoxy) is 1. The van der Waals surface area contributed by atoms with Crippen LogP contribution in [0.4, 0.5) is 20.7 Å². The van der Waals surface area contributed by atoms with Gasteiger partial charge in [-0.2, -0.15) is 0 Å². The van der Waals surface area contributed by atoms with Gasteiger partial charge in [-0.25, -0.2) is 24.1 Å². The first-order chi connectivity index (χ1) is 16.1. The van der Waals surface area contributed by atoms with Gasteiger partial charge in [-0.15, -0.1) is 0 Å². The van der Waals surface area contributed by atoms with Gasteiger partial charge in [0.25, 0.3) is 0 Å². The van der Waals surface area contributed by atoms with E-state index in [4.69, 9.17) is 4.74 Å². The summed E-state index contributed by atoms with van der Waals surface area (Å²) in [5.41, 5.74) is 0.0446. The predicted octanol–water partition coefficient (Wildman–Crippen LogP) is 3.90. The van der Waals surface area contributed by atoms with Gasteiger partial charge in [0.1, 0.15) is 29.0 Å². The molecule has 1 fully saturated rings. The smallest absolute Gasteiger partial charge is 0.410 e. The largest absolute Gasteiger partial charge is 0.444 e. The molecule has 0 saturated carbocycles. The van der Waals surface area contributed by atoms with Crippen LogP contribution in [0.1, 0.15) is 33.6 Å². The lowest BCUT2D eigenvalue weighted by Gasteiger charge is -2.34. The lowest BCUT2D eigenvalue weighted by molar-refractivity contribution is -0.384. The molecule has 1 aliphatic rings. The highest BCUT2D eigenvalue weighted by atomic mass is 19.1. The number of fused-ring (bicyclic) bond motifs is 1. The quantitative estimate of drug-likeness (QED) is 0.438. The first kappa shape index (κ1) is 23.3. The van der Waals surface area contributed by atoms with Gasteiger partial charge < -0.3 is 15.0 Å². The van der Waals surface area contributed by atoms with Gasteiger partial charge in [0.05, 0.1) is 11.1 Å². The van der Waals surface area contributed by atoms with Crippen LogP contribution in [0.2, 0.25) is 0 Å². The third-order valence-electron chi connectivity index (χ3n) is 5.39. The minimum Gasteiger partial charge on any atom is -0.444 e. The Morgan fingerprint density at radius 3 is 2.85 bits per heavy atom. The highest BCUT2D eigenvalue weighted by Crippen LogP contribution is 2.27. The summed E-state index contributed by atoms with van der Waals surface area (Å²) in [6.45, 7) is 6.90. The van der Waals surface area contributed by atoms with Gasteiger partial charge in [-0.3, -0.25) is 14.5 Å². The van der Waals surface area contributed by atoms with Crippen molar-refractivity contribution < 1.29 is 18.8 Å². The van der Waals surface area contributed by atoms with Gasteiger partial charge in [-0.05, 0) is 51.7 Å². The number of carbonyl (C=O) groups excluding carboxylic acids is 1. The molecule has 4 heterocycles. The van der Waals surface area contributed by atoms with Crippen molar-refractivity contribution in [2.24, 2.45) is 5.92 Å². The summed E-state index contributed by atoms with van der Waals surface area (Å²) in [5, 5.41) is 14.6. The monoisotopic (exact) mass is 471 g/mol. The van der Waals surface area contributed by atoms with E-state index in [0.29, 0.717) is 31.0 Å². The number of nitrogens with zero attached hydrogens (tertiary/aromatic N) is 6. The lowest BCUT2D eigenvalue weighted by atomic mass is 9.98. The van der Waals surface area contributed by atoms with E-state index in [1.165, 1.54) is 28.9 Å². The molecule has 0 aliphatic carbocycles. The fourth-order valence-corrected chi connectivity index (χ4v) is 3.85. The molecule has 1 aliphatic heterocycles. The summed E-state index contributed by atoms with van der Waals surface area (Å²) in [5.74, 6) is -0.177. The molecule has 0 bridgehead atoms. The number of piperidine rings is 1. The van der Waals surface area contributed by atoms with Crippen LogP contribution in [0.15, 0.2) is 30.7 Å². The van der Waals surface area contributed by atoms with Crippen molar-refractivity contribution >= 4 is 23.2 Å². The number of aromatic nitrogens is 4. The van der Waals surface area contributed by atoms with Crippen LogP contribution in [0, 0.1) is 21.8 Å². The van der Waals surface area contributed by atoms with Gasteiger partial charge in [0, 0.05) is 25.8 Å². The molecule has 0 radical (unpaired) electrons. The molecular formula is C22H26FN7O4. The lowest BCUT2D eigenvalue weighted by Crippen LogP contribution is -2.44. The Morgan fingerprint density at radius 1 is 1.32 bits per heavy atom. The maximum Gasteiger partial charge on any atom is 0.410 e. The molecule has 1 N–H and O–H groups in total. The molecule has 1 saturated heterocycles. The molecule has 4 rings (SSSR count). The van der Waals surface area contributed by atoms with Crippen LogP contribution in [-0.2, 0) is 4.74 Å². The zero-order valence-electron chi connectivity index (χ0n) is 19.2. The molecule has 1 amide bonds. The number of rotatable bonds is 5. The third-order valence-corrected chi connectivity index (χ3v) is 5.39. The summed E-state index contributed by atoms with van der Waals surface area (Å²) in [6, 6.07) is 2.81. The van der Waals surface area contributed by atoms with Crippen LogP contribution in [-0.4, -0.2) is 60.5 Å². The van der Waals surface area contributed by atoms with E-state index < -0.39 is 16.3 Å². The highest BCUT2D eigenvalue weighted by Gasteiger charge is 2.28. The molecule has 34 heavy (non-hydrogen) atoms. The predicted molar refractivity (Wildman–Crippen MR) is 122 cm³/mol. The first-order valence-corrected chi connectivity index (χ1v) is 11.0. The number of pyridine rings is 1. The number of nitro groups is 1. The zero-order chi connectivity index (χ0) is 24.5. The third kappa shape index (κ3) is 5.21. The van der Waals surface area contributed by atoms with E-state index >= 15 is 0 Å². The molecule has 0 aromatic carbocycles. The van der Waals surface area contributed by atoms with Crippen molar-refractivity contribution in [1.29, 1.82) is 0 Å². The average molecular weight is 471 g/mol. The Bertz CT molecular complexity index is 1220. The second-order valence-electron chi connectivity index (χ2n) is 9.22. The summed E-state index contributed by atoms with van der Waals surface area (Å²) in [7, 11) is 0.